The molecule has 0 aromatic heterocycles. The number of rotatable bonds is 3. The smallest absolute Gasteiger partial charge is 0.164 e. The maximum absolute atomic E-state index is 13.9. The number of ether oxygens (including phenoxy) is 1. The molecule has 0 aliphatic carbocycles. The summed E-state index contributed by atoms with van der Waals surface area (Å²) < 4.78 is 19.5. The second-order valence-corrected chi connectivity index (χ2v) is 4.53. The molecule has 2 rings (SSSR count). The lowest BCUT2D eigenvalue weighted by molar-refractivity contribution is 0.288. The van der Waals surface area contributed by atoms with Gasteiger partial charge in [0.2, 0.25) is 0 Å². The lowest BCUT2D eigenvalue weighted by Gasteiger charge is -2.20. The molecule has 1 aliphatic heterocycles. The number of para-hydroxylation sites is 1. The Hall–Kier alpha value is -1.81. The quantitative estimate of drug-likeness (QED) is 0.682. The molecule has 0 amide bonds. The molecule has 1 aliphatic rings. The summed E-state index contributed by atoms with van der Waals surface area (Å²) in [6.07, 6.45) is 2.69. The van der Waals surface area contributed by atoms with Gasteiger partial charge in [0.1, 0.15) is 16.6 Å². The van der Waals surface area contributed by atoms with E-state index in [1.165, 1.54) is 0 Å². The van der Waals surface area contributed by atoms with E-state index in [1.54, 1.807) is 6.07 Å². The van der Waals surface area contributed by atoms with E-state index in [1.807, 2.05) is 12.1 Å². The average Bonchev–Trinajstić information content (AvgIpc) is 2.43. The van der Waals surface area contributed by atoms with E-state index >= 15 is 0 Å². The molecule has 3 nitrogen and oxygen atoms in total. The molecule has 100 valence electrons. The third kappa shape index (κ3) is 2.96. The number of nitrogens with two attached hydrogens (primary N) is 1. The number of halogens is 2. The molecule has 0 unspecified atom stereocenters. The van der Waals surface area contributed by atoms with Crippen LogP contribution in [0.25, 0.3) is 0 Å². The topological polar surface area (TPSA) is 47.6 Å². The zero-order valence-electron chi connectivity index (χ0n) is 10.3. The first kappa shape index (κ1) is 13.6. The lowest BCUT2D eigenvalue weighted by Crippen LogP contribution is -2.14. The van der Waals surface area contributed by atoms with E-state index in [9.17, 15) is 4.39 Å². The molecule has 0 saturated heterocycles. The van der Waals surface area contributed by atoms with Crippen LogP contribution in [-0.4, -0.2) is 12.3 Å². The Kier molecular flexibility index (Phi) is 4.22. The van der Waals surface area contributed by atoms with Crippen LogP contribution in [0.3, 0.4) is 0 Å². The van der Waals surface area contributed by atoms with Crippen LogP contribution in [-0.2, 0) is 6.42 Å². The number of hydrogen-bond donors (Lipinski definition) is 1. The highest BCUT2D eigenvalue weighted by Crippen LogP contribution is 2.31. The van der Waals surface area contributed by atoms with Crippen molar-refractivity contribution in [2.24, 2.45) is 10.7 Å². The summed E-state index contributed by atoms with van der Waals surface area (Å²) in [6, 6.07) is 5.51. The van der Waals surface area contributed by atoms with Gasteiger partial charge in [-0.1, -0.05) is 30.3 Å². The minimum absolute atomic E-state index is 0.0135. The zero-order chi connectivity index (χ0) is 13.8. The van der Waals surface area contributed by atoms with Crippen molar-refractivity contribution >= 4 is 17.3 Å². The summed E-state index contributed by atoms with van der Waals surface area (Å²) in [5.74, 6) is -0.0215. The Morgan fingerprint density at radius 3 is 3.00 bits per heavy atom. The summed E-state index contributed by atoms with van der Waals surface area (Å²) in [5, 5.41) is -0.0135. The predicted molar refractivity (Wildman–Crippen MR) is 75.2 cm³/mol. The van der Waals surface area contributed by atoms with E-state index in [2.05, 4.69) is 11.6 Å². The summed E-state index contributed by atoms with van der Waals surface area (Å²) in [4.78, 5) is 3.91. The van der Waals surface area contributed by atoms with Crippen molar-refractivity contribution < 1.29 is 9.13 Å². The minimum atomic E-state index is -0.663. The molecule has 0 bridgehead atoms. The molecule has 5 heteroatoms. The number of fused-ring (bicyclic) bond motifs is 1. The molecule has 0 radical (unpaired) electrons. The fraction of sp³-hybridized carbons (Fsp3) is 0.214. The third-order valence-corrected chi connectivity index (χ3v) is 2.88. The maximum Gasteiger partial charge on any atom is 0.164 e. The normalized spacial score (nSPS) is 15.7. The molecule has 19 heavy (non-hydrogen) atoms. The molecular weight excluding hydrogens is 267 g/mol. The number of allylic oxidation sites excluding steroid dienone is 1. The van der Waals surface area contributed by atoms with Crippen molar-refractivity contribution in [1.82, 2.24) is 0 Å². The van der Waals surface area contributed by atoms with Crippen LogP contribution in [0.15, 0.2) is 47.0 Å². The van der Waals surface area contributed by atoms with Crippen LogP contribution in [0, 0.1) is 0 Å². The Bertz CT molecular complexity index is 567. The van der Waals surface area contributed by atoms with Gasteiger partial charge in [-0.15, -0.1) is 0 Å². The highest BCUT2D eigenvalue weighted by Gasteiger charge is 2.20. The zero-order valence-corrected chi connectivity index (χ0v) is 11.1. The fourth-order valence-corrected chi connectivity index (χ4v) is 2.10. The molecular formula is C14H14ClFN2O. The van der Waals surface area contributed by atoms with Gasteiger partial charge in [0.25, 0.3) is 0 Å². The van der Waals surface area contributed by atoms with E-state index < -0.39 is 5.83 Å². The molecule has 1 aromatic carbocycles. The van der Waals surface area contributed by atoms with Gasteiger partial charge in [-0.2, -0.15) is 0 Å². The highest BCUT2D eigenvalue weighted by atomic mass is 35.5. The first-order chi connectivity index (χ1) is 9.13. The van der Waals surface area contributed by atoms with Gasteiger partial charge < -0.3 is 10.5 Å². The van der Waals surface area contributed by atoms with Gasteiger partial charge >= 0.3 is 0 Å². The fourth-order valence-electron chi connectivity index (χ4n) is 2.02. The first-order valence-electron chi connectivity index (χ1n) is 5.89. The van der Waals surface area contributed by atoms with Gasteiger partial charge in [0, 0.05) is 11.8 Å². The Morgan fingerprint density at radius 2 is 2.32 bits per heavy atom. The number of nitrogens with zero attached hydrogens (tertiary/aromatic N) is 1. The van der Waals surface area contributed by atoms with Crippen LogP contribution < -0.4 is 10.5 Å². The number of benzene rings is 1. The van der Waals surface area contributed by atoms with Crippen molar-refractivity contribution in [3.8, 4) is 5.75 Å². The van der Waals surface area contributed by atoms with Crippen molar-refractivity contribution in [2.45, 2.75) is 12.8 Å². The Balaban J connectivity index is 2.57. The molecule has 0 fully saturated rings. The van der Waals surface area contributed by atoms with Gasteiger partial charge in [-0.25, -0.2) is 9.38 Å². The number of aliphatic imine (C=N–C) groups is 1. The number of aryl methyl sites for hydroxylation is 1. The van der Waals surface area contributed by atoms with E-state index in [0.29, 0.717) is 17.9 Å². The van der Waals surface area contributed by atoms with Crippen LogP contribution in [0.1, 0.15) is 17.5 Å². The van der Waals surface area contributed by atoms with Crippen molar-refractivity contribution in [3.63, 3.8) is 0 Å². The molecule has 0 spiro atoms. The van der Waals surface area contributed by atoms with Gasteiger partial charge in [-0.3, -0.25) is 0 Å². The minimum Gasteiger partial charge on any atom is -0.493 e. The summed E-state index contributed by atoms with van der Waals surface area (Å²) in [5.41, 5.74) is 6.84. The number of hydrogen-bond acceptors (Lipinski definition) is 3. The van der Waals surface area contributed by atoms with Gasteiger partial charge in [-0.05, 0) is 24.5 Å². The second kappa shape index (κ2) is 5.89. The van der Waals surface area contributed by atoms with E-state index in [0.717, 1.165) is 24.6 Å². The summed E-state index contributed by atoms with van der Waals surface area (Å²) >= 11 is 5.65. The van der Waals surface area contributed by atoms with Gasteiger partial charge in [0.05, 0.1) is 6.61 Å². The largest absolute Gasteiger partial charge is 0.493 e. The Morgan fingerprint density at radius 1 is 1.53 bits per heavy atom. The first-order valence-corrected chi connectivity index (χ1v) is 6.27. The van der Waals surface area contributed by atoms with Crippen molar-refractivity contribution in [1.29, 1.82) is 0 Å². The molecule has 2 N–H and O–H groups in total. The third-order valence-electron chi connectivity index (χ3n) is 2.79. The molecule has 1 heterocycles. The maximum atomic E-state index is 13.9. The van der Waals surface area contributed by atoms with E-state index in [4.69, 9.17) is 22.1 Å². The SMILES string of the molecule is C=C(Cl)N=C(/C(F)=C\N)c1cccc2c1OCCC2. The van der Waals surface area contributed by atoms with Crippen molar-refractivity contribution in [3.05, 3.63) is 53.1 Å². The van der Waals surface area contributed by atoms with Gasteiger partial charge in [0.15, 0.2) is 5.83 Å². The monoisotopic (exact) mass is 280 g/mol. The van der Waals surface area contributed by atoms with Crippen LogP contribution in [0.4, 0.5) is 4.39 Å². The van der Waals surface area contributed by atoms with Crippen LogP contribution in [0.5, 0.6) is 5.75 Å². The average molecular weight is 281 g/mol. The lowest BCUT2D eigenvalue weighted by atomic mass is 9.99. The highest BCUT2D eigenvalue weighted by molar-refractivity contribution is 6.30. The summed E-state index contributed by atoms with van der Waals surface area (Å²) in [6.45, 7) is 4.06. The van der Waals surface area contributed by atoms with Crippen LogP contribution in [0.2, 0.25) is 0 Å². The molecule has 0 saturated carbocycles. The molecule has 0 atom stereocenters. The molecule has 1 aromatic rings. The summed E-state index contributed by atoms with van der Waals surface area (Å²) in [7, 11) is 0. The standard InChI is InChI=1S/C14H14ClFN2O/c1-9(15)18-13(12(16)8-17)11-6-2-4-10-5-3-7-19-14(10)11/h2,4,6,8H,1,3,5,7,17H2/b12-8+,18-13?. The van der Waals surface area contributed by atoms with Crippen molar-refractivity contribution in [2.75, 3.05) is 6.61 Å². The second-order valence-electron chi connectivity index (χ2n) is 4.10. The predicted octanol–water partition coefficient (Wildman–Crippen LogP) is 3.28. The Labute approximate surface area is 116 Å². The van der Waals surface area contributed by atoms with E-state index in [-0.39, 0.29) is 10.9 Å². The van der Waals surface area contributed by atoms with Crippen LogP contribution >= 0.6 is 11.6 Å².